The van der Waals surface area contributed by atoms with Crippen molar-refractivity contribution in [3.8, 4) is 0 Å². The second-order valence-electron chi connectivity index (χ2n) is 8.55. The van der Waals surface area contributed by atoms with Crippen LogP contribution in [0.1, 0.15) is 30.9 Å². The SMILES string of the molecule is Clc1ccc(C(CCN2CCN(c3nsc4ccccc34)CC2)N2CCCC2)cc1Cl. The second kappa shape index (κ2) is 9.63. The molecule has 0 aliphatic carbocycles. The van der Waals surface area contributed by atoms with E-state index >= 15 is 0 Å². The number of hydrogen-bond acceptors (Lipinski definition) is 5. The van der Waals surface area contributed by atoms with Crippen molar-refractivity contribution in [3.05, 3.63) is 58.1 Å². The summed E-state index contributed by atoms with van der Waals surface area (Å²) in [5.41, 5.74) is 1.30. The Hall–Kier alpha value is -1.37. The first-order chi connectivity index (χ1) is 15.2. The van der Waals surface area contributed by atoms with E-state index in [9.17, 15) is 0 Å². The Labute approximate surface area is 198 Å². The van der Waals surface area contributed by atoms with Crippen LogP contribution in [0.5, 0.6) is 0 Å². The number of hydrogen-bond donors (Lipinski definition) is 0. The van der Waals surface area contributed by atoms with Crippen molar-refractivity contribution in [2.75, 3.05) is 50.7 Å². The Morgan fingerprint density at radius 1 is 0.903 bits per heavy atom. The largest absolute Gasteiger partial charge is 0.353 e. The quantitative estimate of drug-likeness (QED) is 0.439. The molecule has 3 heterocycles. The van der Waals surface area contributed by atoms with Crippen LogP contribution in [0, 0.1) is 0 Å². The molecule has 0 radical (unpaired) electrons. The van der Waals surface area contributed by atoms with Crippen molar-refractivity contribution in [2.45, 2.75) is 25.3 Å². The van der Waals surface area contributed by atoms with E-state index in [2.05, 4.69) is 51.1 Å². The van der Waals surface area contributed by atoms with Gasteiger partial charge in [-0.3, -0.25) is 9.80 Å². The average Bonchev–Trinajstić information content (AvgIpc) is 3.47. The van der Waals surface area contributed by atoms with Gasteiger partial charge in [0.15, 0.2) is 0 Å². The zero-order valence-corrected chi connectivity index (χ0v) is 20.0. The summed E-state index contributed by atoms with van der Waals surface area (Å²) in [4.78, 5) is 7.68. The van der Waals surface area contributed by atoms with Gasteiger partial charge in [0.05, 0.1) is 14.7 Å². The van der Waals surface area contributed by atoms with Gasteiger partial charge >= 0.3 is 0 Å². The Kier molecular flexibility index (Phi) is 6.67. The minimum atomic E-state index is 0.415. The van der Waals surface area contributed by atoms with Crippen molar-refractivity contribution in [2.24, 2.45) is 0 Å². The number of benzene rings is 2. The minimum Gasteiger partial charge on any atom is -0.353 e. The molecule has 2 aliphatic rings. The topological polar surface area (TPSA) is 22.6 Å². The summed E-state index contributed by atoms with van der Waals surface area (Å²) in [5.74, 6) is 1.16. The van der Waals surface area contributed by atoms with E-state index in [0.717, 1.165) is 45.0 Å². The summed E-state index contributed by atoms with van der Waals surface area (Å²) in [7, 11) is 0. The van der Waals surface area contributed by atoms with Gasteiger partial charge in [-0.15, -0.1) is 0 Å². The molecular weight excluding hydrogens is 447 g/mol. The van der Waals surface area contributed by atoms with Crippen molar-refractivity contribution in [3.63, 3.8) is 0 Å². The van der Waals surface area contributed by atoms with E-state index in [0.29, 0.717) is 16.1 Å². The molecule has 0 N–H and O–H groups in total. The molecule has 3 aromatic rings. The molecule has 4 nitrogen and oxygen atoms in total. The van der Waals surface area contributed by atoms with Crippen LogP contribution < -0.4 is 4.90 Å². The highest BCUT2D eigenvalue weighted by molar-refractivity contribution is 7.13. The summed E-state index contributed by atoms with van der Waals surface area (Å²) in [5, 5.41) is 2.58. The van der Waals surface area contributed by atoms with Crippen LogP contribution in [0.25, 0.3) is 10.1 Å². The van der Waals surface area contributed by atoms with Crippen LogP contribution in [0.4, 0.5) is 5.82 Å². The Morgan fingerprint density at radius 3 is 2.45 bits per heavy atom. The monoisotopic (exact) mass is 474 g/mol. The fourth-order valence-electron chi connectivity index (χ4n) is 4.92. The number of rotatable bonds is 6. The molecule has 0 saturated carbocycles. The molecule has 31 heavy (non-hydrogen) atoms. The fraction of sp³-hybridized carbons (Fsp3) is 0.458. The van der Waals surface area contributed by atoms with Crippen LogP contribution in [-0.2, 0) is 0 Å². The van der Waals surface area contributed by atoms with Crippen molar-refractivity contribution >= 4 is 50.6 Å². The van der Waals surface area contributed by atoms with E-state index in [-0.39, 0.29) is 0 Å². The van der Waals surface area contributed by atoms with Gasteiger partial charge in [-0.1, -0.05) is 41.4 Å². The first-order valence-electron chi connectivity index (χ1n) is 11.2. The predicted octanol–water partition coefficient (Wildman–Crippen LogP) is 5.95. The molecular formula is C24H28Cl2N4S. The highest BCUT2D eigenvalue weighted by Gasteiger charge is 2.26. The van der Waals surface area contributed by atoms with Crippen LogP contribution in [0.2, 0.25) is 10.0 Å². The van der Waals surface area contributed by atoms with Crippen LogP contribution in [0.15, 0.2) is 42.5 Å². The molecule has 0 amide bonds. The first-order valence-corrected chi connectivity index (χ1v) is 12.7. The molecule has 1 unspecified atom stereocenters. The van der Waals surface area contributed by atoms with Crippen molar-refractivity contribution in [1.29, 1.82) is 0 Å². The standard InChI is InChI=1S/C24H28Cl2N4S/c25-20-8-7-18(17-21(20)26)22(29-10-3-4-11-29)9-12-28-13-15-30(16-14-28)24-19-5-1-2-6-23(19)31-27-24/h1-2,5-8,17,22H,3-4,9-16H2. The zero-order chi connectivity index (χ0) is 21.2. The maximum atomic E-state index is 6.35. The summed E-state index contributed by atoms with van der Waals surface area (Å²) >= 11 is 14.1. The molecule has 2 aromatic carbocycles. The summed E-state index contributed by atoms with van der Waals surface area (Å²) in [6.07, 6.45) is 3.70. The third-order valence-electron chi connectivity index (χ3n) is 6.66. The Balaban J connectivity index is 1.22. The molecule has 164 valence electrons. The molecule has 7 heteroatoms. The number of aromatic nitrogens is 1. The molecule has 0 bridgehead atoms. The maximum Gasteiger partial charge on any atom is 0.150 e. The number of nitrogens with zero attached hydrogens (tertiary/aromatic N) is 4. The molecule has 1 aromatic heterocycles. The lowest BCUT2D eigenvalue weighted by molar-refractivity contribution is 0.187. The highest BCUT2D eigenvalue weighted by Crippen LogP contribution is 2.33. The molecule has 0 spiro atoms. The molecule has 2 aliphatic heterocycles. The van der Waals surface area contributed by atoms with E-state index in [1.165, 1.54) is 41.6 Å². The number of piperazine rings is 1. The van der Waals surface area contributed by atoms with Gasteiger partial charge in [-0.05, 0) is 73.7 Å². The number of halogens is 2. The van der Waals surface area contributed by atoms with Gasteiger partial charge in [-0.25, -0.2) is 0 Å². The smallest absolute Gasteiger partial charge is 0.150 e. The molecule has 5 rings (SSSR count). The first kappa shape index (κ1) is 21.5. The molecule has 1 atom stereocenters. The second-order valence-corrected chi connectivity index (χ2v) is 10.2. The lowest BCUT2D eigenvalue weighted by Crippen LogP contribution is -2.47. The number of likely N-dealkylation sites (tertiary alicyclic amines) is 1. The zero-order valence-electron chi connectivity index (χ0n) is 17.6. The van der Waals surface area contributed by atoms with E-state index in [1.807, 2.05) is 6.07 Å². The summed E-state index contributed by atoms with van der Waals surface area (Å²) < 4.78 is 6.02. The predicted molar refractivity (Wildman–Crippen MR) is 133 cm³/mol. The van der Waals surface area contributed by atoms with Crippen LogP contribution in [0.3, 0.4) is 0 Å². The number of fused-ring (bicyclic) bond motifs is 1. The maximum absolute atomic E-state index is 6.35. The van der Waals surface area contributed by atoms with E-state index < -0.39 is 0 Å². The third-order valence-corrected chi connectivity index (χ3v) is 8.21. The normalized spacial score (nSPS) is 19.4. The molecule has 2 fully saturated rings. The summed E-state index contributed by atoms with van der Waals surface area (Å²) in [6, 6.07) is 15.1. The fourth-order valence-corrected chi connectivity index (χ4v) is 6.02. The summed E-state index contributed by atoms with van der Waals surface area (Å²) in [6.45, 7) is 7.70. The van der Waals surface area contributed by atoms with Gasteiger partial charge in [0.2, 0.25) is 0 Å². The van der Waals surface area contributed by atoms with Gasteiger partial charge in [0, 0.05) is 44.2 Å². The van der Waals surface area contributed by atoms with Gasteiger partial charge < -0.3 is 4.90 Å². The lowest BCUT2D eigenvalue weighted by Gasteiger charge is -2.37. The average molecular weight is 475 g/mol. The van der Waals surface area contributed by atoms with E-state index in [1.54, 1.807) is 11.5 Å². The minimum absolute atomic E-state index is 0.415. The van der Waals surface area contributed by atoms with Crippen LogP contribution >= 0.6 is 34.7 Å². The lowest BCUT2D eigenvalue weighted by atomic mass is 10.0. The van der Waals surface area contributed by atoms with Crippen LogP contribution in [-0.4, -0.2) is 60.0 Å². The highest BCUT2D eigenvalue weighted by atomic mass is 35.5. The third kappa shape index (κ3) is 4.71. The van der Waals surface area contributed by atoms with Crippen molar-refractivity contribution in [1.82, 2.24) is 14.2 Å². The molecule has 2 saturated heterocycles. The Morgan fingerprint density at radius 2 is 1.68 bits per heavy atom. The van der Waals surface area contributed by atoms with Crippen molar-refractivity contribution < 1.29 is 0 Å². The van der Waals surface area contributed by atoms with Gasteiger partial charge in [0.25, 0.3) is 0 Å². The Bertz CT molecular complexity index is 1030. The van der Waals surface area contributed by atoms with E-state index in [4.69, 9.17) is 27.6 Å². The number of anilines is 1. The van der Waals surface area contributed by atoms with Gasteiger partial charge in [0.1, 0.15) is 5.82 Å². The van der Waals surface area contributed by atoms with Gasteiger partial charge in [-0.2, -0.15) is 4.37 Å².